The molecule has 0 aromatic heterocycles. The van der Waals surface area contributed by atoms with Gasteiger partial charge in [0.05, 0.1) is 11.6 Å². The van der Waals surface area contributed by atoms with Crippen LogP contribution in [0.2, 0.25) is 0 Å². The van der Waals surface area contributed by atoms with Crippen molar-refractivity contribution in [3.8, 4) is 0 Å². The van der Waals surface area contributed by atoms with E-state index in [1.807, 2.05) is 18.2 Å². The van der Waals surface area contributed by atoms with E-state index in [-0.39, 0.29) is 16.6 Å². The highest BCUT2D eigenvalue weighted by atomic mass is 32.2. The number of nitrogens with zero attached hydrogens (tertiary/aromatic N) is 2. The first kappa shape index (κ1) is 18.2. The maximum atomic E-state index is 12.6. The Bertz CT molecular complexity index is 683. The SMILES string of the molecule is CC(C)(C)c1ccc(/C=C2/SC(=O)N(CN3CCCCC3)C2=O)cc1. The average Bonchev–Trinajstić information content (AvgIpc) is 2.83. The van der Waals surface area contributed by atoms with E-state index in [1.165, 1.54) is 16.9 Å². The average molecular weight is 359 g/mol. The summed E-state index contributed by atoms with van der Waals surface area (Å²) < 4.78 is 0. The van der Waals surface area contributed by atoms with Crippen molar-refractivity contribution >= 4 is 29.0 Å². The summed E-state index contributed by atoms with van der Waals surface area (Å²) in [5, 5.41) is -0.159. The standard InChI is InChI=1S/C20H26N2O2S/c1-20(2,3)16-9-7-15(8-10-16)13-17-18(23)22(19(24)25-17)14-21-11-5-4-6-12-21/h7-10,13H,4-6,11-12,14H2,1-3H3/b17-13+. The second-order valence-corrected chi connectivity index (χ2v) is 8.80. The van der Waals surface area contributed by atoms with Crippen molar-refractivity contribution in [2.24, 2.45) is 0 Å². The van der Waals surface area contributed by atoms with Crippen LogP contribution in [0.25, 0.3) is 6.08 Å². The zero-order valence-corrected chi connectivity index (χ0v) is 16.1. The topological polar surface area (TPSA) is 40.6 Å². The third-order valence-electron chi connectivity index (χ3n) is 4.74. The molecule has 2 aliphatic heterocycles. The molecule has 25 heavy (non-hydrogen) atoms. The zero-order valence-electron chi connectivity index (χ0n) is 15.2. The number of likely N-dealkylation sites (tertiary alicyclic amines) is 1. The number of amides is 2. The summed E-state index contributed by atoms with van der Waals surface area (Å²) in [6.07, 6.45) is 5.36. The van der Waals surface area contributed by atoms with Gasteiger partial charge in [-0.2, -0.15) is 0 Å². The van der Waals surface area contributed by atoms with Crippen molar-refractivity contribution in [3.05, 3.63) is 40.3 Å². The Morgan fingerprint density at radius 3 is 2.28 bits per heavy atom. The molecule has 0 aliphatic carbocycles. The lowest BCUT2D eigenvalue weighted by Crippen LogP contribution is -2.42. The molecule has 0 unspecified atom stereocenters. The first-order chi connectivity index (χ1) is 11.8. The largest absolute Gasteiger partial charge is 0.294 e. The molecule has 0 spiro atoms. The molecule has 5 heteroatoms. The first-order valence-corrected chi connectivity index (χ1v) is 9.74. The van der Waals surface area contributed by atoms with Gasteiger partial charge in [0, 0.05) is 0 Å². The van der Waals surface area contributed by atoms with Crippen LogP contribution in [0.1, 0.15) is 51.2 Å². The fourth-order valence-electron chi connectivity index (χ4n) is 3.15. The number of hydrogen-bond donors (Lipinski definition) is 0. The number of thioether (sulfide) groups is 1. The maximum Gasteiger partial charge on any atom is 0.294 e. The van der Waals surface area contributed by atoms with Gasteiger partial charge in [-0.15, -0.1) is 0 Å². The molecule has 0 atom stereocenters. The van der Waals surface area contributed by atoms with Gasteiger partial charge in [0.1, 0.15) is 0 Å². The second-order valence-electron chi connectivity index (χ2n) is 7.80. The molecule has 1 aromatic rings. The van der Waals surface area contributed by atoms with Crippen LogP contribution >= 0.6 is 11.8 Å². The van der Waals surface area contributed by atoms with Crippen molar-refractivity contribution in [3.63, 3.8) is 0 Å². The van der Waals surface area contributed by atoms with Crippen LogP contribution in [0.5, 0.6) is 0 Å². The summed E-state index contributed by atoms with van der Waals surface area (Å²) in [4.78, 5) is 28.9. The summed E-state index contributed by atoms with van der Waals surface area (Å²) in [6.45, 7) is 8.88. The maximum absolute atomic E-state index is 12.6. The third kappa shape index (κ3) is 4.33. The number of piperidine rings is 1. The van der Waals surface area contributed by atoms with E-state index < -0.39 is 0 Å². The molecule has 4 nitrogen and oxygen atoms in total. The molecule has 2 fully saturated rings. The molecule has 0 radical (unpaired) electrons. The molecule has 2 amide bonds. The van der Waals surface area contributed by atoms with Crippen molar-refractivity contribution in [1.29, 1.82) is 0 Å². The van der Waals surface area contributed by atoms with Crippen LogP contribution in [0, 0.1) is 0 Å². The Balaban J connectivity index is 1.71. The second kappa shape index (κ2) is 7.34. The van der Waals surface area contributed by atoms with Gasteiger partial charge in [-0.1, -0.05) is 51.5 Å². The lowest BCUT2D eigenvalue weighted by atomic mass is 9.87. The van der Waals surface area contributed by atoms with E-state index in [4.69, 9.17) is 0 Å². The molecule has 0 bridgehead atoms. The van der Waals surface area contributed by atoms with E-state index in [9.17, 15) is 9.59 Å². The van der Waals surface area contributed by atoms with Crippen LogP contribution in [0.3, 0.4) is 0 Å². The number of hydrogen-bond acceptors (Lipinski definition) is 4. The van der Waals surface area contributed by atoms with Gasteiger partial charge in [-0.3, -0.25) is 19.4 Å². The highest BCUT2D eigenvalue weighted by Crippen LogP contribution is 2.33. The zero-order chi connectivity index (χ0) is 18.0. The fourth-order valence-corrected chi connectivity index (χ4v) is 3.98. The summed E-state index contributed by atoms with van der Waals surface area (Å²) >= 11 is 1.05. The van der Waals surface area contributed by atoms with Crippen LogP contribution in [-0.4, -0.2) is 40.7 Å². The normalized spacial score (nSPS) is 21.4. The first-order valence-electron chi connectivity index (χ1n) is 8.93. The number of rotatable bonds is 3. The van der Waals surface area contributed by atoms with Gasteiger partial charge in [0.2, 0.25) is 0 Å². The van der Waals surface area contributed by atoms with Gasteiger partial charge in [0.15, 0.2) is 0 Å². The third-order valence-corrected chi connectivity index (χ3v) is 5.65. The lowest BCUT2D eigenvalue weighted by Gasteiger charge is -2.29. The molecular weight excluding hydrogens is 332 g/mol. The molecule has 1 aromatic carbocycles. The summed E-state index contributed by atoms with van der Waals surface area (Å²) in [6, 6.07) is 8.20. The Morgan fingerprint density at radius 2 is 1.68 bits per heavy atom. The molecule has 2 aliphatic rings. The Kier molecular flexibility index (Phi) is 5.35. The Hall–Kier alpha value is -1.59. The summed E-state index contributed by atoms with van der Waals surface area (Å²) in [5.74, 6) is -0.166. The van der Waals surface area contributed by atoms with E-state index in [0.717, 1.165) is 43.3 Å². The highest BCUT2D eigenvalue weighted by molar-refractivity contribution is 8.18. The molecule has 0 saturated carbocycles. The van der Waals surface area contributed by atoms with Crippen LogP contribution in [0.4, 0.5) is 4.79 Å². The molecule has 2 heterocycles. The van der Waals surface area contributed by atoms with Gasteiger partial charge >= 0.3 is 0 Å². The number of imide groups is 1. The number of carbonyl (C=O) groups excluding carboxylic acids is 2. The Morgan fingerprint density at radius 1 is 1.04 bits per heavy atom. The smallest absolute Gasteiger partial charge is 0.286 e. The van der Waals surface area contributed by atoms with E-state index in [2.05, 4.69) is 37.8 Å². The summed E-state index contributed by atoms with van der Waals surface area (Å²) in [5.41, 5.74) is 2.31. The predicted octanol–water partition coefficient (Wildman–Crippen LogP) is 4.46. The van der Waals surface area contributed by atoms with E-state index in [1.54, 1.807) is 0 Å². The van der Waals surface area contributed by atoms with Gasteiger partial charge in [-0.25, -0.2) is 0 Å². The predicted molar refractivity (Wildman–Crippen MR) is 103 cm³/mol. The fraction of sp³-hybridized carbons (Fsp3) is 0.500. The number of carbonyl (C=O) groups is 2. The van der Waals surface area contributed by atoms with E-state index >= 15 is 0 Å². The highest BCUT2D eigenvalue weighted by Gasteiger charge is 2.36. The quantitative estimate of drug-likeness (QED) is 0.748. The minimum absolute atomic E-state index is 0.102. The van der Waals surface area contributed by atoms with Crippen LogP contribution in [0.15, 0.2) is 29.2 Å². The number of benzene rings is 1. The summed E-state index contributed by atoms with van der Waals surface area (Å²) in [7, 11) is 0. The van der Waals surface area contributed by atoms with Crippen molar-refractivity contribution in [2.45, 2.75) is 45.4 Å². The van der Waals surface area contributed by atoms with Crippen molar-refractivity contribution < 1.29 is 9.59 Å². The van der Waals surface area contributed by atoms with Gasteiger partial charge in [-0.05, 0) is 60.3 Å². The molecule has 0 N–H and O–H groups in total. The van der Waals surface area contributed by atoms with Crippen LogP contribution in [-0.2, 0) is 10.2 Å². The van der Waals surface area contributed by atoms with Crippen LogP contribution < -0.4 is 0 Å². The van der Waals surface area contributed by atoms with Gasteiger partial charge in [0.25, 0.3) is 11.1 Å². The monoisotopic (exact) mass is 358 g/mol. The van der Waals surface area contributed by atoms with Gasteiger partial charge < -0.3 is 0 Å². The molecule has 3 rings (SSSR count). The minimum atomic E-state index is -0.166. The van der Waals surface area contributed by atoms with E-state index in [0.29, 0.717) is 11.6 Å². The molecule has 134 valence electrons. The van der Waals surface area contributed by atoms with Crippen molar-refractivity contribution in [2.75, 3.05) is 19.8 Å². The molecular formula is C20H26N2O2S. The molecule has 2 saturated heterocycles. The van der Waals surface area contributed by atoms with Crippen molar-refractivity contribution in [1.82, 2.24) is 9.80 Å². The Labute approximate surface area is 154 Å². The minimum Gasteiger partial charge on any atom is -0.286 e. The lowest BCUT2D eigenvalue weighted by molar-refractivity contribution is -0.124.